The van der Waals surface area contributed by atoms with Crippen LogP contribution in [0.3, 0.4) is 0 Å². The van der Waals surface area contributed by atoms with Gasteiger partial charge in [0.15, 0.2) is 0 Å². The number of benzene rings is 1. The molecule has 2 aromatic heterocycles. The van der Waals surface area contributed by atoms with Crippen molar-refractivity contribution < 1.29 is 4.79 Å². The molecule has 2 heterocycles. The van der Waals surface area contributed by atoms with Crippen molar-refractivity contribution >= 4 is 16.9 Å². The summed E-state index contributed by atoms with van der Waals surface area (Å²) < 4.78 is 1.65. The molecule has 0 unspecified atom stereocenters. The third-order valence-corrected chi connectivity index (χ3v) is 4.30. The lowest BCUT2D eigenvalue weighted by molar-refractivity contribution is -0.123. The molecule has 1 aromatic carbocycles. The van der Waals surface area contributed by atoms with Crippen molar-refractivity contribution in [1.29, 1.82) is 0 Å². The number of imidazole rings is 1. The molecule has 126 valence electrons. The van der Waals surface area contributed by atoms with Gasteiger partial charge >= 0.3 is 0 Å². The Hall–Kier alpha value is -2.63. The monoisotopic (exact) mass is 325 g/mol. The highest BCUT2D eigenvalue weighted by atomic mass is 16.2. The zero-order valence-corrected chi connectivity index (χ0v) is 14.3. The molecule has 0 aliphatic heterocycles. The first kappa shape index (κ1) is 16.2. The maximum Gasteiger partial charge on any atom is 0.242 e. The Labute approximate surface area is 141 Å². The van der Waals surface area contributed by atoms with Crippen LogP contribution in [0.25, 0.3) is 11.0 Å². The van der Waals surface area contributed by atoms with Crippen LogP contribution in [0.15, 0.2) is 36.7 Å². The van der Waals surface area contributed by atoms with Gasteiger partial charge in [0.05, 0.1) is 23.3 Å². The van der Waals surface area contributed by atoms with Crippen LogP contribution in [0.5, 0.6) is 0 Å². The fraction of sp³-hybridized carbons (Fsp3) is 0.389. The summed E-state index contributed by atoms with van der Waals surface area (Å²) >= 11 is 0. The Morgan fingerprint density at radius 3 is 2.83 bits per heavy atom. The second kappa shape index (κ2) is 6.86. The van der Waals surface area contributed by atoms with E-state index >= 15 is 0 Å². The quantitative estimate of drug-likeness (QED) is 0.731. The summed E-state index contributed by atoms with van der Waals surface area (Å²) in [5, 5.41) is 7.28. The van der Waals surface area contributed by atoms with Crippen LogP contribution in [0.2, 0.25) is 0 Å². The van der Waals surface area contributed by atoms with Gasteiger partial charge in [-0.1, -0.05) is 32.4 Å². The molecule has 2 atom stereocenters. The van der Waals surface area contributed by atoms with Crippen molar-refractivity contribution in [3.63, 3.8) is 0 Å². The lowest BCUT2D eigenvalue weighted by Gasteiger charge is -2.22. The summed E-state index contributed by atoms with van der Waals surface area (Å²) in [5.41, 5.74) is 2.94. The number of nitrogens with zero attached hydrogens (tertiary/aromatic N) is 3. The Morgan fingerprint density at radius 2 is 2.17 bits per heavy atom. The number of carbonyl (C=O) groups is 1. The van der Waals surface area contributed by atoms with Gasteiger partial charge in [-0.25, -0.2) is 4.98 Å². The topological polar surface area (TPSA) is 75.6 Å². The average molecular weight is 325 g/mol. The van der Waals surface area contributed by atoms with Gasteiger partial charge in [-0.15, -0.1) is 0 Å². The third-order valence-electron chi connectivity index (χ3n) is 4.30. The van der Waals surface area contributed by atoms with Gasteiger partial charge in [0, 0.05) is 6.20 Å². The average Bonchev–Trinajstić information content (AvgIpc) is 3.17. The van der Waals surface area contributed by atoms with Gasteiger partial charge in [0.25, 0.3) is 0 Å². The molecule has 6 heteroatoms. The second-order valence-corrected chi connectivity index (χ2v) is 6.29. The maximum absolute atomic E-state index is 12.4. The molecule has 3 aromatic rings. The van der Waals surface area contributed by atoms with Gasteiger partial charge in [0.1, 0.15) is 12.4 Å². The maximum atomic E-state index is 12.4. The molecule has 0 fully saturated rings. The number of hydrogen-bond donors (Lipinski definition) is 2. The fourth-order valence-electron chi connectivity index (χ4n) is 2.76. The highest BCUT2D eigenvalue weighted by molar-refractivity contribution is 5.77. The molecule has 24 heavy (non-hydrogen) atoms. The van der Waals surface area contributed by atoms with Crippen molar-refractivity contribution in [2.45, 2.75) is 39.8 Å². The van der Waals surface area contributed by atoms with Crippen LogP contribution in [-0.4, -0.2) is 25.7 Å². The van der Waals surface area contributed by atoms with Crippen molar-refractivity contribution in [2.75, 3.05) is 0 Å². The van der Waals surface area contributed by atoms with Crippen molar-refractivity contribution in [3.05, 3.63) is 48.0 Å². The van der Waals surface area contributed by atoms with Gasteiger partial charge in [-0.05, 0) is 30.5 Å². The van der Waals surface area contributed by atoms with E-state index in [1.54, 1.807) is 10.9 Å². The third kappa shape index (κ3) is 3.48. The second-order valence-electron chi connectivity index (χ2n) is 6.29. The van der Waals surface area contributed by atoms with Crippen molar-refractivity contribution in [2.24, 2.45) is 5.92 Å². The molecular formula is C18H23N5O. The molecule has 3 rings (SSSR count). The first-order chi connectivity index (χ1) is 11.6. The first-order valence-electron chi connectivity index (χ1n) is 8.30. The standard InChI is InChI=1S/C18H23N5O/c1-4-13(3)17(18-20-14-7-5-6-8-15(14)21-18)22-16(24)11-23-10-12(2)9-19-23/h5-10,13,17H,4,11H2,1-3H3,(H,20,21)(H,22,24)/t13-,17-/m0/s1. The minimum absolute atomic E-state index is 0.0659. The minimum atomic E-state index is -0.147. The SMILES string of the molecule is CC[C@H](C)[C@H](NC(=O)Cn1cc(C)cn1)c1nc2ccccc2[nH]1. The molecule has 1 amide bonds. The highest BCUT2D eigenvalue weighted by Crippen LogP contribution is 2.24. The van der Waals surface area contributed by atoms with Gasteiger partial charge in [0.2, 0.25) is 5.91 Å². The van der Waals surface area contributed by atoms with E-state index in [0.717, 1.165) is 28.8 Å². The summed E-state index contributed by atoms with van der Waals surface area (Å²) in [6.07, 6.45) is 4.56. The Balaban J connectivity index is 1.79. The van der Waals surface area contributed by atoms with Gasteiger partial charge < -0.3 is 10.3 Å². The van der Waals surface area contributed by atoms with Crippen LogP contribution >= 0.6 is 0 Å². The number of aryl methyl sites for hydroxylation is 1. The van der Waals surface area contributed by atoms with E-state index < -0.39 is 0 Å². The summed E-state index contributed by atoms with van der Waals surface area (Å²) in [6, 6.07) is 7.75. The van der Waals surface area contributed by atoms with E-state index in [0.29, 0.717) is 0 Å². The Morgan fingerprint density at radius 1 is 1.38 bits per heavy atom. The predicted octanol–water partition coefficient (Wildman–Crippen LogP) is 2.97. The largest absolute Gasteiger partial charge is 0.344 e. The molecule has 6 nitrogen and oxygen atoms in total. The number of H-pyrrole nitrogens is 1. The van der Waals surface area contributed by atoms with E-state index in [4.69, 9.17) is 0 Å². The molecule has 0 saturated carbocycles. The number of amides is 1. The highest BCUT2D eigenvalue weighted by Gasteiger charge is 2.23. The van der Waals surface area contributed by atoms with E-state index in [1.807, 2.05) is 37.4 Å². The number of hydrogen-bond acceptors (Lipinski definition) is 3. The van der Waals surface area contributed by atoms with Crippen LogP contribution in [0.4, 0.5) is 0 Å². The number of nitrogens with one attached hydrogen (secondary N) is 2. The molecular weight excluding hydrogens is 302 g/mol. The van der Waals surface area contributed by atoms with Gasteiger partial charge in [-0.3, -0.25) is 9.48 Å². The molecule has 0 spiro atoms. The summed E-state index contributed by atoms with van der Waals surface area (Å²) in [6.45, 7) is 6.40. The van der Waals surface area contributed by atoms with Crippen LogP contribution in [0.1, 0.15) is 37.7 Å². The van der Waals surface area contributed by atoms with E-state index in [9.17, 15) is 4.79 Å². The number of aromatic amines is 1. The number of fused-ring (bicyclic) bond motifs is 1. The number of aromatic nitrogens is 4. The van der Waals surface area contributed by atoms with E-state index in [1.165, 1.54) is 0 Å². The van der Waals surface area contributed by atoms with E-state index in [-0.39, 0.29) is 24.4 Å². The lowest BCUT2D eigenvalue weighted by atomic mass is 9.98. The Bertz CT molecular complexity index is 802. The van der Waals surface area contributed by atoms with Crippen molar-refractivity contribution in [3.8, 4) is 0 Å². The first-order valence-corrected chi connectivity index (χ1v) is 8.30. The summed E-state index contributed by atoms with van der Waals surface area (Å²) in [7, 11) is 0. The van der Waals surface area contributed by atoms with E-state index in [2.05, 4.69) is 34.2 Å². The van der Waals surface area contributed by atoms with Crippen LogP contribution < -0.4 is 5.32 Å². The molecule has 0 bridgehead atoms. The van der Waals surface area contributed by atoms with Crippen molar-refractivity contribution in [1.82, 2.24) is 25.1 Å². The molecule has 2 N–H and O–H groups in total. The molecule has 0 aliphatic carbocycles. The number of carbonyl (C=O) groups excluding carboxylic acids is 1. The summed E-state index contributed by atoms with van der Waals surface area (Å²) in [5.74, 6) is 1.01. The zero-order valence-electron chi connectivity index (χ0n) is 14.3. The molecule has 0 saturated heterocycles. The molecule has 0 radical (unpaired) electrons. The normalized spacial score (nSPS) is 13.8. The predicted molar refractivity (Wildman–Crippen MR) is 93.4 cm³/mol. The minimum Gasteiger partial charge on any atom is -0.344 e. The number of rotatable bonds is 6. The Kier molecular flexibility index (Phi) is 4.64. The fourth-order valence-corrected chi connectivity index (χ4v) is 2.76. The zero-order chi connectivity index (χ0) is 17.1. The van der Waals surface area contributed by atoms with Gasteiger partial charge in [-0.2, -0.15) is 5.10 Å². The molecule has 0 aliphatic rings. The lowest BCUT2D eigenvalue weighted by Crippen LogP contribution is -2.35. The van der Waals surface area contributed by atoms with Crippen LogP contribution in [-0.2, 0) is 11.3 Å². The van der Waals surface area contributed by atoms with Crippen LogP contribution in [0, 0.1) is 12.8 Å². The number of para-hydroxylation sites is 2. The summed E-state index contributed by atoms with van der Waals surface area (Å²) in [4.78, 5) is 20.4. The smallest absolute Gasteiger partial charge is 0.242 e.